The number of hydrogen-bond donors (Lipinski definition) is 2. The molecule has 4 bridgehead atoms. The van der Waals surface area contributed by atoms with E-state index in [0.29, 0.717) is 11.0 Å². The van der Waals surface area contributed by atoms with Gasteiger partial charge >= 0.3 is 0 Å². The third kappa shape index (κ3) is 3.07. The highest BCUT2D eigenvalue weighted by molar-refractivity contribution is 7.80. The van der Waals surface area contributed by atoms with Crippen LogP contribution in [0.25, 0.3) is 0 Å². The summed E-state index contributed by atoms with van der Waals surface area (Å²) in [4.78, 5) is 14.5. The number of fused-ring (bicyclic) bond motifs is 1. The van der Waals surface area contributed by atoms with Gasteiger partial charge in [0.15, 0.2) is 5.11 Å². The average molecular weight is 414 g/mol. The van der Waals surface area contributed by atoms with Crippen LogP contribution >= 0.6 is 23.6 Å². The minimum absolute atomic E-state index is 0.109. The Bertz CT molecular complexity index is 846. The van der Waals surface area contributed by atoms with Gasteiger partial charge in [-0.15, -0.1) is 11.3 Å². The molecule has 0 spiro atoms. The maximum atomic E-state index is 13.2. The Morgan fingerprint density at radius 1 is 1.21 bits per heavy atom. The second-order valence-corrected chi connectivity index (χ2v) is 11.3. The molecule has 5 aliphatic rings. The number of nitrogens with zero attached hydrogens (tertiary/aromatic N) is 1. The van der Waals surface area contributed by atoms with Crippen LogP contribution in [0.2, 0.25) is 0 Å². The van der Waals surface area contributed by atoms with Crippen molar-refractivity contribution in [2.75, 3.05) is 5.32 Å². The van der Waals surface area contributed by atoms with Gasteiger partial charge < -0.3 is 10.6 Å². The van der Waals surface area contributed by atoms with E-state index in [4.69, 9.17) is 12.2 Å². The first-order chi connectivity index (χ1) is 13.5. The lowest BCUT2D eigenvalue weighted by Crippen LogP contribution is -2.55. The third-order valence-corrected chi connectivity index (χ3v) is 8.97. The standard InChI is InChI=1S/C22H27N3OS2/c1-12-2-3-16-17(11-23)19(28-18(16)4-12)24-21(27)25-20(26)22-8-13-5-14(9-22)7-15(6-13)10-22/h12-15H,2-10H2,1H3,(H2,24,25,26,27)/t12-,13?,14?,15?,22?/m1/s1. The minimum atomic E-state index is -0.206. The van der Waals surface area contributed by atoms with Gasteiger partial charge in [-0.05, 0) is 99.2 Å². The smallest absolute Gasteiger partial charge is 0.232 e. The number of nitrogens with one attached hydrogen (secondary N) is 2. The molecule has 1 aromatic rings. The van der Waals surface area contributed by atoms with E-state index in [-0.39, 0.29) is 11.3 Å². The number of hydrogen-bond acceptors (Lipinski definition) is 4. The van der Waals surface area contributed by atoms with Crippen molar-refractivity contribution in [2.24, 2.45) is 29.1 Å². The second-order valence-electron chi connectivity index (χ2n) is 9.77. The summed E-state index contributed by atoms with van der Waals surface area (Å²) in [7, 11) is 0. The van der Waals surface area contributed by atoms with Crippen LogP contribution in [0.15, 0.2) is 0 Å². The molecule has 6 heteroatoms. The fourth-order valence-electron chi connectivity index (χ4n) is 6.72. The van der Waals surface area contributed by atoms with Crippen LogP contribution < -0.4 is 10.6 Å². The van der Waals surface area contributed by atoms with E-state index in [2.05, 4.69) is 23.6 Å². The Balaban J connectivity index is 1.30. The number of thiophene rings is 1. The highest BCUT2D eigenvalue weighted by Crippen LogP contribution is 2.60. The molecule has 4 nitrogen and oxygen atoms in total. The monoisotopic (exact) mass is 413 g/mol. The van der Waals surface area contributed by atoms with Crippen molar-refractivity contribution in [2.45, 2.75) is 64.7 Å². The van der Waals surface area contributed by atoms with Crippen LogP contribution in [0.5, 0.6) is 0 Å². The molecule has 0 radical (unpaired) electrons. The fraction of sp³-hybridized carbons (Fsp3) is 0.682. The van der Waals surface area contributed by atoms with Crippen molar-refractivity contribution in [1.82, 2.24) is 5.32 Å². The van der Waals surface area contributed by atoms with E-state index in [1.54, 1.807) is 11.3 Å². The van der Waals surface area contributed by atoms with Gasteiger partial charge in [0, 0.05) is 4.88 Å². The minimum Gasteiger partial charge on any atom is -0.323 e. The molecule has 1 atom stereocenters. The van der Waals surface area contributed by atoms with Crippen molar-refractivity contribution in [3.63, 3.8) is 0 Å². The average Bonchev–Trinajstić information content (AvgIpc) is 2.96. The molecule has 4 fully saturated rings. The van der Waals surface area contributed by atoms with Crippen molar-refractivity contribution in [3.8, 4) is 6.07 Å². The molecule has 0 aromatic carbocycles. The first-order valence-corrected chi connectivity index (χ1v) is 11.9. The Morgan fingerprint density at radius 3 is 2.46 bits per heavy atom. The van der Waals surface area contributed by atoms with Crippen molar-refractivity contribution in [1.29, 1.82) is 5.26 Å². The predicted molar refractivity (Wildman–Crippen MR) is 115 cm³/mol. The molecule has 1 amide bonds. The van der Waals surface area contributed by atoms with Crippen LogP contribution in [0, 0.1) is 40.4 Å². The molecule has 1 aromatic heterocycles. The predicted octanol–water partition coefficient (Wildman–Crippen LogP) is 4.77. The molecule has 0 saturated heterocycles. The maximum Gasteiger partial charge on any atom is 0.232 e. The summed E-state index contributed by atoms with van der Waals surface area (Å²) in [6.07, 6.45) is 10.2. The van der Waals surface area contributed by atoms with Gasteiger partial charge in [0.25, 0.3) is 0 Å². The molecule has 0 unspecified atom stereocenters. The van der Waals surface area contributed by atoms with E-state index in [1.165, 1.54) is 29.7 Å². The molecule has 2 N–H and O–H groups in total. The molecular weight excluding hydrogens is 386 g/mol. The summed E-state index contributed by atoms with van der Waals surface area (Å²) >= 11 is 7.13. The van der Waals surface area contributed by atoms with Crippen molar-refractivity contribution < 1.29 is 4.79 Å². The highest BCUT2D eigenvalue weighted by atomic mass is 32.1. The fourth-order valence-corrected chi connectivity index (χ4v) is 8.34. The van der Waals surface area contributed by atoms with Crippen LogP contribution in [0.4, 0.5) is 5.00 Å². The molecule has 0 aliphatic heterocycles. The lowest BCUT2D eigenvalue weighted by molar-refractivity contribution is -0.144. The zero-order valence-electron chi connectivity index (χ0n) is 16.3. The lowest BCUT2D eigenvalue weighted by Gasteiger charge is -2.55. The quantitative estimate of drug-likeness (QED) is 0.685. The van der Waals surface area contributed by atoms with Crippen LogP contribution in [-0.4, -0.2) is 11.0 Å². The maximum absolute atomic E-state index is 13.2. The topological polar surface area (TPSA) is 64.9 Å². The SMILES string of the molecule is C[C@@H]1CCc2c(sc(NC(=S)NC(=O)C34CC5CC(CC(C5)C3)C4)c2C#N)C1. The third-order valence-electron chi connectivity index (χ3n) is 7.60. The van der Waals surface area contributed by atoms with Gasteiger partial charge in [0.2, 0.25) is 5.91 Å². The first kappa shape index (κ1) is 18.6. The summed E-state index contributed by atoms with van der Waals surface area (Å²) in [5.41, 5.74) is 1.70. The van der Waals surface area contributed by atoms with Crippen molar-refractivity contribution in [3.05, 3.63) is 16.0 Å². The van der Waals surface area contributed by atoms with Gasteiger partial charge in [-0.3, -0.25) is 4.79 Å². The second kappa shape index (κ2) is 6.81. The number of thiocarbonyl (C=S) groups is 1. The van der Waals surface area contributed by atoms with Gasteiger partial charge in [-0.25, -0.2) is 0 Å². The number of carbonyl (C=O) groups is 1. The van der Waals surface area contributed by atoms with Crippen LogP contribution in [0.3, 0.4) is 0 Å². The number of amides is 1. The summed E-state index contributed by atoms with van der Waals surface area (Å²) < 4.78 is 0. The van der Waals surface area contributed by atoms with E-state index in [1.807, 2.05) is 0 Å². The summed E-state index contributed by atoms with van der Waals surface area (Å²) in [5.74, 6) is 2.96. The normalized spacial score (nSPS) is 35.1. The molecule has 148 valence electrons. The number of rotatable bonds is 2. The summed E-state index contributed by atoms with van der Waals surface area (Å²) in [6.45, 7) is 2.26. The van der Waals surface area contributed by atoms with Crippen LogP contribution in [0.1, 0.15) is 67.9 Å². The van der Waals surface area contributed by atoms with E-state index >= 15 is 0 Å². The molecule has 1 heterocycles. The Hall–Kier alpha value is -1.45. The zero-order valence-corrected chi connectivity index (χ0v) is 18.0. The summed E-state index contributed by atoms with van der Waals surface area (Å²) in [5, 5.41) is 17.0. The largest absolute Gasteiger partial charge is 0.323 e. The molecule has 28 heavy (non-hydrogen) atoms. The summed E-state index contributed by atoms with van der Waals surface area (Å²) in [6, 6.07) is 2.36. The van der Waals surface area contributed by atoms with Crippen molar-refractivity contribution >= 4 is 39.6 Å². The number of carbonyl (C=O) groups excluding carboxylic acids is 1. The van der Waals surface area contributed by atoms with E-state index in [9.17, 15) is 10.1 Å². The molecule has 4 saturated carbocycles. The molecule has 5 aliphatic carbocycles. The highest BCUT2D eigenvalue weighted by Gasteiger charge is 2.54. The van der Waals surface area contributed by atoms with Gasteiger partial charge in [0.1, 0.15) is 11.1 Å². The molecule has 6 rings (SSSR count). The molecular formula is C22H27N3OS2. The first-order valence-electron chi connectivity index (χ1n) is 10.6. The van der Waals surface area contributed by atoms with E-state index < -0.39 is 0 Å². The van der Waals surface area contributed by atoms with Gasteiger partial charge in [0.05, 0.1) is 11.0 Å². The lowest BCUT2D eigenvalue weighted by atomic mass is 9.49. The Kier molecular flexibility index (Phi) is 4.52. The van der Waals surface area contributed by atoms with Gasteiger partial charge in [-0.1, -0.05) is 6.92 Å². The number of nitriles is 1. The van der Waals surface area contributed by atoms with Crippen LogP contribution in [-0.2, 0) is 17.6 Å². The van der Waals surface area contributed by atoms with E-state index in [0.717, 1.165) is 66.8 Å². The van der Waals surface area contributed by atoms with Gasteiger partial charge in [-0.2, -0.15) is 5.26 Å². The Morgan fingerprint density at radius 2 is 1.86 bits per heavy atom. The zero-order chi connectivity index (χ0) is 19.5. The Labute approximate surface area is 176 Å². The number of anilines is 1.